The monoisotopic (exact) mass is 545 g/mol. The molecule has 4 aromatic rings. The van der Waals surface area contributed by atoms with E-state index in [-0.39, 0.29) is 17.6 Å². The maximum Gasteiger partial charge on any atom is 0.407 e. The van der Waals surface area contributed by atoms with Gasteiger partial charge >= 0.3 is 6.09 Å². The van der Waals surface area contributed by atoms with E-state index < -0.39 is 17.5 Å². The molecule has 0 bridgehead atoms. The van der Waals surface area contributed by atoms with Gasteiger partial charge in [0, 0.05) is 48.2 Å². The summed E-state index contributed by atoms with van der Waals surface area (Å²) >= 11 is 1.34. The number of likely N-dealkylation sites (tertiary alicyclic amines) is 1. The molecule has 39 heavy (non-hydrogen) atoms. The molecule has 2 amide bonds. The number of nitrogens with zero attached hydrogens (tertiary/aromatic N) is 4. The van der Waals surface area contributed by atoms with Gasteiger partial charge in [-0.25, -0.2) is 19.0 Å². The highest BCUT2D eigenvalue weighted by atomic mass is 32.1. The van der Waals surface area contributed by atoms with Crippen LogP contribution in [0.3, 0.4) is 0 Å². The van der Waals surface area contributed by atoms with Gasteiger partial charge in [0.1, 0.15) is 17.1 Å². The van der Waals surface area contributed by atoms with Gasteiger partial charge in [0.2, 0.25) is 5.69 Å². The Kier molecular flexibility index (Phi) is 7.10. The number of hydrogen-bond donors (Lipinski definition) is 1. The average molecular weight is 546 g/mol. The van der Waals surface area contributed by atoms with Crippen LogP contribution < -0.4 is 5.32 Å². The molecule has 1 aromatic carbocycles. The van der Waals surface area contributed by atoms with E-state index in [0.717, 1.165) is 28.9 Å². The number of pyridine rings is 1. The number of rotatable bonds is 4. The average Bonchev–Trinajstić information content (AvgIpc) is 3.54. The molecule has 8 nitrogen and oxygen atoms in total. The molecular formula is C29H28FN5O3S. The molecule has 5 rings (SSSR count). The van der Waals surface area contributed by atoms with E-state index in [4.69, 9.17) is 11.3 Å². The van der Waals surface area contributed by atoms with Crippen LogP contribution in [0.2, 0.25) is 0 Å². The van der Waals surface area contributed by atoms with E-state index in [1.807, 2.05) is 28.9 Å². The molecule has 1 N–H and O–H groups in total. The molecule has 200 valence electrons. The van der Waals surface area contributed by atoms with Gasteiger partial charge in [-0.05, 0) is 69.0 Å². The fourth-order valence-corrected chi connectivity index (χ4v) is 5.80. The van der Waals surface area contributed by atoms with E-state index in [1.54, 1.807) is 44.0 Å². The van der Waals surface area contributed by atoms with Gasteiger partial charge in [-0.3, -0.25) is 4.79 Å². The number of benzene rings is 1. The van der Waals surface area contributed by atoms with Crippen LogP contribution >= 0.6 is 11.3 Å². The number of nitrogens with one attached hydrogen (secondary N) is 1. The van der Waals surface area contributed by atoms with Crippen LogP contribution in [-0.2, 0) is 4.74 Å². The molecule has 0 unspecified atom stereocenters. The number of alkyl carbamates (subject to hydrolysis) is 1. The second-order valence-electron chi connectivity index (χ2n) is 10.5. The number of fused-ring (bicyclic) bond motifs is 1. The minimum Gasteiger partial charge on any atom is -0.444 e. The van der Waals surface area contributed by atoms with Gasteiger partial charge in [-0.1, -0.05) is 12.1 Å². The largest absolute Gasteiger partial charge is 0.444 e. The Hall–Kier alpha value is -4.23. The first-order chi connectivity index (χ1) is 18.6. The third kappa shape index (κ3) is 5.78. The highest BCUT2D eigenvalue weighted by molar-refractivity contribution is 7.18. The summed E-state index contributed by atoms with van der Waals surface area (Å²) in [6, 6.07) is 9.92. The van der Waals surface area contributed by atoms with E-state index in [9.17, 15) is 14.0 Å². The summed E-state index contributed by atoms with van der Waals surface area (Å²) in [4.78, 5) is 36.6. The highest BCUT2D eigenvalue weighted by Gasteiger charge is 2.29. The van der Waals surface area contributed by atoms with Gasteiger partial charge in [0.15, 0.2) is 0 Å². The summed E-state index contributed by atoms with van der Waals surface area (Å²) in [5.74, 6) is -0.758. The molecule has 4 heterocycles. The third-order valence-electron chi connectivity index (χ3n) is 6.41. The lowest BCUT2D eigenvalue weighted by atomic mass is 10.0. The maximum atomic E-state index is 14.6. The first-order valence-electron chi connectivity index (χ1n) is 12.6. The van der Waals surface area contributed by atoms with Crippen molar-refractivity contribution in [1.82, 2.24) is 19.6 Å². The zero-order valence-corrected chi connectivity index (χ0v) is 22.7. The van der Waals surface area contributed by atoms with Crippen LogP contribution in [-0.4, -0.2) is 51.0 Å². The first kappa shape index (κ1) is 26.4. The van der Waals surface area contributed by atoms with Crippen molar-refractivity contribution in [2.24, 2.45) is 0 Å². The van der Waals surface area contributed by atoms with Crippen LogP contribution in [0.5, 0.6) is 0 Å². The Morgan fingerprint density at radius 2 is 2.00 bits per heavy atom. The van der Waals surface area contributed by atoms with E-state index >= 15 is 0 Å². The second kappa shape index (κ2) is 10.5. The molecule has 0 radical (unpaired) electrons. The number of thiophene rings is 1. The zero-order valence-electron chi connectivity index (χ0n) is 21.9. The van der Waals surface area contributed by atoms with E-state index in [1.165, 1.54) is 23.5 Å². The van der Waals surface area contributed by atoms with E-state index in [2.05, 4.69) is 15.1 Å². The predicted molar refractivity (Wildman–Crippen MR) is 148 cm³/mol. The van der Waals surface area contributed by atoms with Crippen LogP contribution in [0.25, 0.3) is 32.1 Å². The molecule has 1 atom stereocenters. The quantitative estimate of drug-likeness (QED) is 0.295. The van der Waals surface area contributed by atoms with Gasteiger partial charge in [-0.15, -0.1) is 11.3 Å². The number of piperidine rings is 1. The number of imidazole rings is 1. The summed E-state index contributed by atoms with van der Waals surface area (Å²) in [5, 5.41) is 2.88. The Morgan fingerprint density at radius 3 is 2.74 bits per heavy atom. The lowest BCUT2D eigenvalue weighted by Crippen LogP contribution is -2.50. The fourth-order valence-electron chi connectivity index (χ4n) is 4.65. The first-order valence-corrected chi connectivity index (χ1v) is 13.5. The molecule has 1 aliphatic heterocycles. The number of halogens is 1. The van der Waals surface area contributed by atoms with Crippen LogP contribution in [0, 0.1) is 12.4 Å². The predicted octanol–water partition coefficient (Wildman–Crippen LogP) is 6.55. The number of amides is 2. The smallest absolute Gasteiger partial charge is 0.407 e. The van der Waals surface area contributed by atoms with Gasteiger partial charge in [-0.2, -0.15) is 0 Å². The van der Waals surface area contributed by atoms with Crippen molar-refractivity contribution < 1.29 is 18.7 Å². The van der Waals surface area contributed by atoms with Crippen LogP contribution in [0.15, 0.2) is 55.0 Å². The van der Waals surface area contributed by atoms with Crippen molar-refractivity contribution in [3.63, 3.8) is 0 Å². The van der Waals surface area contributed by atoms with Crippen molar-refractivity contribution >= 4 is 34.7 Å². The van der Waals surface area contributed by atoms with Crippen molar-refractivity contribution in [2.45, 2.75) is 45.3 Å². The molecule has 3 aromatic heterocycles. The van der Waals surface area contributed by atoms with Gasteiger partial charge in [0.05, 0.1) is 11.4 Å². The molecule has 1 aliphatic rings. The summed E-state index contributed by atoms with van der Waals surface area (Å²) < 4.78 is 21.9. The Labute approximate surface area is 229 Å². The second-order valence-corrected chi connectivity index (χ2v) is 11.5. The van der Waals surface area contributed by atoms with Crippen molar-refractivity contribution in [3.8, 4) is 21.6 Å². The minimum atomic E-state index is -0.608. The Morgan fingerprint density at radius 1 is 1.18 bits per heavy atom. The van der Waals surface area contributed by atoms with Crippen molar-refractivity contribution in [3.05, 3.63) is 77.1 Å². The molecule has 10 heteroatoms. The molecule has 0 aliphatic carbocycles. The Balaban J connectivity index is 1.46. The molecule has 0 saturated carbocycles. The number of ether oxygens (including phenoxy) is 1. The molecule has 1 saturated heterocycles. The number of carbonyl (C=O) groups excluding carboxylic acids is 2. The summed E-state index contributed by atoms with van der Waals surface area (Å²) in [6.07, 6.45) is 6.45. The topological polar surface area (TPSA) is 80.3 Å². The van der Waals surface area contributed by atoms with Crippen LogP contribution in [0.1, 0.15) is 43.3 Å². The van der Waals surface area contributed by atoms with Crippen molar-refractivity contribution in [2.75, 3.05) is 13.1 Å². The van der Waals surface area contributed by atoms with Crippen molar-refractivity contribution in [1.29, 1.82) is 0 Å². The number of hydrogen-bond acceptors (Lipinski definition) is 5. The summed E-state index contributed by atoms with van der Waals surface area (Å²) in [6.45, 7) is 13.5. The molecule has 1 fully saturated rings. The third-order valence-corrected chi connectivity index (χ3v) is 7.58. The molecular weight excluding hydrogens is 517 g/mol. The fraction of sp³-hybridized carbons (Fsp3) is 0.310. The lowest BCUT2D eigenvalue weighted by Gasteiger charge is -2.33. The number of carbonyl (C=O) groups is 2. The normalized spacial score (nSPS) is 15.7. The Bertz CT molecular complexity index is 1600. The standard InChI is InChI=1S/C29H28FN5O3S/c1-29(2,3)38-28(37)33-20-6-5-11-35(17-20)27(36)24-16-21(18-7-8-23(31-4)22(30)14-18)26(39-24)19-9-12-34-13-10-32-25(34)15-19/h7-10,12-16,20H,5-6,11,17H2,1-3H3,(H,33,37)/t20-/m1/s1. The lowest BCUT2D eigenvalue weighted by molar-refractivity contribution is 0.0453. The summed E-state index contributed by atoms with van der Waals surface area (Å²) in [5.41, 5.74) is 2.23. The van der Waals surface area contributed by atoms with E-state index in [0.29, 0.717) is 29.1 Å². The van der Waals surface area contributed by atoms with Crippen LogP contribution in [0.4, 0.5) is 14.9 Å². The SMILES string of the molecule is [C-]#[N+]c1ccc(-c2cc(C(=O)N3CCC[C@@H](NC(=O)OC(C)(C)C)C3)sc2-c2ccn3ccnc3c2)cc1F. The van der Waals surface area contributed by atoms with Gasteiger partial charge < -0.3 is 19.4 Å². The zero-order chi connectivity index (χ0) is 27.7. The van der Waals surface area contributed by atoms with Gasteiger partial charge in [0.25, 0.3) is 5.91 Å². The maximum absolute atomic E-state index is 14.6. The summed E-state index contributed by atoms with van der Waals surface area (Å²) in [7, 11) is 0. The minimum absolute atomic E-state index is 0.0533. The molecule has 0 spiro atoms. The highest BCUT2D eigenvalue weighted by Crippen LogP contribution is 2.41. The number of aromatic nitrogens is 2.